The third kappa shape index (κ3) is 8.65. The SMILES string of the molecule is Br.CC1CCCO1.[CH2-]c1c(C)cccc1C.[Cl-].[Mg+2]. The molecule has 0 saturated carbocycles. The monoisotopic (exact) mass is 344 g/mol. The largest absolute Gasteiger partial charge is 2.00 e. The molecule has 1 aliphatic rings. The summed E-state index contributed by atoms with van der Waals surface area (Å²) >= 11 is 0. The van der Waals surface area contributed by atoms with Crippen LogP contribution in [0, 0.1) is 20.8 Å². The van der Waals surface area contributed by atoms with E-state index in [2.05, 4.69) is 45.9 Å². The maximum Gasteiger partial charge on any atom is 2.00 e. The molecular weight excluding hydrogens is 324 g/mol. The summed E-state index contributed by atoms with van der Waals surface area (Å²) in [5, 5.41) is 0. The zero-order valence-corrected chi connectivity index (χ0v) is 15.4. The van der Waals surface area contributed by atoms with Crippen LogP contribution in [0.4, 0.5) is 0 Å². The Labute approximate surface area is 144 Å². The Morgan fingerprint density at radius 2 is 1.72 bits per heavy atom. The predicted octanol–water partition coefficient (Wildman–Crippen LogP) is 0.872. The molecule has 0 aromatic heterocycles. The summed E-state index contributed by atoms with van der Waals surface area (Å²) in [7, 11) is 0. The molecule has 0 spiro atoms. The molecule has 0 radical (unpaired) electrons. The van der Waals surface area contributed by atoms with E-state index in [4.69, 9.17) is 4.74 Å². The van der Waals surface area contributed by atoms with Crippen LogP contribution in [0.1, 0.15) is 36.5 Å². The Morgan fingerprint density at radius 1 is 1.22 bits per heavy atom. The zero-order valence-electron chi connectivity index (χ0n) is 11.5. The molecule has 1 atom stereocenters. The van der Waals surface area contributed by atoms with Crippen molar-refractivity contribution < 1.29 is 17.1 Å². The van der Waals surface area contributed by atoms with E-state index in [1.54, 1.807) is 0 Å². The number of halogens is 2. The van der Waals surface area contributed by atoms with E-state index >= 15 is 0 Å². The number of benzene rings is 1. The van der Waals surface area contributed by atoms with Gasteiger partial charge < -0.3 is 17.1 Å². The van der Waals surface area contributed by atoms with Gasteiger partial charge in [-0.05, 0) is 19.8 Å². The minimum Gasteiger partial charge on any atom is -1.00 e. The second kappa shape index (κ2) is 12.6. The van der Waals surface area contributed by atoms with Crippen molar-refractivity contribution in [2.75, 3.05) is 6.61 Å². The molecule has 1 aliphatic heterocycles. The fourth-order valence-electron chi connectivity index (χ4n) is 1.59. The number of ether oxygens (including phenoxy) is 1. The second-order valence-electron chi connectivity index (χ2n) is 4.19. The van der Waals surface area contributed by atoms with Crippen molar-refractivity contribution in [1.82, 2.24) is 0 Å². The molecular formula is C14H22BrClMgO. The number of aryl methyl sites for hydroxylation is 2. The van der Waals surface area contributed by atoms with Gasteiger partial charge in [0.05, 0.1) is 6.10 Å². The zero-order chi connectivity index (χ0) is 11.3. The van der Waals surface area contributed by atoms with Gasteiger partial charge in [0.15, 0.2) is 0 Å². The van der Waals surface area contributed by atoms with Crippen LogP contribution < -0.4 is 12.4 Å². The van der Waals surface area contributed by atoms with Crippen molar-refractivity contribution in [3.05, 3.63) is 41.8 Å². The van der Waals surface area contributed by atoms with E-state index in [0.717, 1.165) is 12.2 Å². The smallest absolute Gasteiger partial charge is 1.00 e. The van der Waals surface area contributed by atoms with E-state index in [1.165, 1.54) is 24.0 Å². The van der Waals surface area contributed by atoms with Gasteiger partial charge >= 0.3 is 23.1 Å². The number of rotatable bonds is 0. The predicted molar refractivity (Wildman–Crippen MR) is 81.1 cm³/mol. The fraction of sp³-hybridized carbons (Fsp3) is 0.500. The normalized spacial score (nSPS) is 16.3. The van der Waals surface area contributed by atoms with Gasteiger partial charge in [0, 0.05) is 6.61 Å². The Bertz CT molecular complexity index is 294. The van der Waals surface area contributed by atoms with Crippen molar-refractivity contribution in [2.24, 2.45) is 0 Å². The molecule has 1 aromatic rings. The van der Waals surface area contributed by atoms with Crippen LogP contribution in [0.2, 0.25) is 0 Å². The molecule has 1 nitrogen and oxygen atoms in total. The first kappa shape index (κ1) is 23.7. The van der Waals surface area contributed by atoms with E-state index in [0.29, 0.717) is 6.10 Å². The van der Waals surface area contributed by atoms with Crippen LogP contribution >= 0.6 is 17.0 Å². The van der Waals surface area contributed by atoms with E-state index in [1.807, 2.05) is 0 Å². The number of hydrogen-bond acceptors (Lipinski definition) is 1. The maximum atomic E-state index is 5.15. The average molecular weight is 346 g/mol. The molecule has 0 aliphatic carbocycles. The van der Waals surface area contributed by atoms with Gasteiger partial charge in [-0.3, -0.25) is 0 Å². The molecule has 0 N–H and O–H groups in total. The molecule has 18 heavy (non-hydrogen) atoms. The van der Waals surface area contributed by atoms with Crippen LogP contribution in [0.3, 0.4) is 0 Å². The minimum atomic E-state index is 0. The van der Waals surface area contributed by atoms with E-state index < -0.39 is 0 Å². The Kier molecular flexibility index (Phi) is 16.6. The van der Waals surface area contributed by atoms with Crippen molar-refractivity contribution in [3.8, 4) is 0 Å². The molecule has 1 unspecified atom stereocenters. The van der Waals surface area contributed by atoms with E-state index in [9.17, 15) is 0 Å². The van der Waals surface area contributed by atoms with Gasteiger partial charge in [0.1, 0.15) is 0 Å². The summed E-state index contributed by atoms with van der Waals surface area (Å²) in [4.78, 5) is 0. The van der Waals surface area contributed by atoms with Crippen molar-refractivity contribution in [2.45, 2.75) is 39.7 Å². The maximum absolute atomic E-state index is 5.15. The summed E-state index contributed by atoms with van der Waals surface area (Å²) in [5.74, 6) is 0. The summed E-state index contributed by atoms with van der Waals surface area (Å²) < 4.78 is 5.15. The molecule has 1 fully saturated rings. The summed E-state index contributed by atoms with van der Waals surface area (Å²) in [5.41, 5.74) is 3.71. The molecule has 0 amide bonds. The number of hydrogen-bond donors (Lipinski definition) is 0. The topological polar surface area (TPSA) is 9.23 Å². The first-order chi connectivity index (χ1) is 7.11. The molecule has 1 heterocycles. The van der Waals surface area contributed by atoms with Crippen LogP contribution in [-0.4, -0.2) is 35.8 Å². The first-order valence-electron chi connectivity index (χ1n) is 5.61. The molecule has 2 rings (SSSR count). The molecule has 1 saturated heterocycles. The summed E-state index contributed by atoms with van der Waals surface area (Å²) in [6, 6.07) is 6.21. The van der Waals surface area contributed by atoms with Crippen molar-refractivity contribution in [3.63, 3.8) is 0 Å². The Morgan fingerprint density at radius 3 is 1.94 bits per heavy atom. The van der Waals surface area contributed by atoms with Gasteiger partial charge in [-0.1, -0.05) is 19.9 Å². The third-order valence-electron chi connectivity index (χ3n) is 2.80. The van der Waals surface area contributed by atoms with Gasteiger partial charge in [0.2, 0.25) is 0 Å². The standard InChI is InChI=1S/C9H11.C5H10O.BrH.ClH.Mg/c1-7-5-4-6-8(2)9(7)3;1-5-3-2-4-6-5;;;/h4-6H,3H2,1-2H3;5H,2-4H2,1H3;2*1H;/q-1;;;;+2/p-1. The Hall–Kier alpha value is 0.586. The van der Waals surface area contributed by atoms with Crippen LogP contribution in [0.15, 0.2) is 18.2 Å². The van der Waals surface area contributed by atoms with Gasteiger partial charge in [-0.15, -0.1) is 29.1 Å². The van der Waals surface area contributed by atoms with Gasteiger partial charge in [0.25, 0.3) is 0 Å². The van der Waals surface area contributed by atoms with Crippen molar-refractivity contribution >= 4 is 40.0 Å². The van der Waals surface area contributed by atoms with Crippen LogP contribution in [0.5, 0.6) is 0 Å². The van der Waals surface area contributed by atoms with Crippen LogP contribution in [-0.2, 0) is 4.74 Å². The molecule has 100 valence electrons. The Balaban J connectivity index is -0.000000225. The van der Waals surface area contributed by atoms with Gasteiger partial charge in [-0.2, -0.15) is 23.6 Å². The summed E-state index contributed by atoms with van der Waals surface area (Å²) in [6.45, 7) is 11.2. The van der Waals surface area contributed by atoms with Gasteiger partial charge in [-0.25, -0.2) is 0 Å². The van der Waals surface area contributed by atoms with E-state index in [-0.39, 0.29) is 52.4 Å². The molecule has 0 bridgehead atoms. The third-order valence-corrected chi connectivity index (χ3v) is 2.80. The van der Waals surface area contributed by atoms with Crippen LogP contribution in [0.25, 0.3) is 0 Å². The molecule has 1 aromatic carbocycles. The minimum absolute atomic E-state index is 0. The van der Waals surface area contributed by atoms with Crippen molar-refractivity contribution in [1.29, 1.82) is 0 Å². The fourth-order valence-corrected chi connectivity index (χ4v) is 1.59. The first-order valence-corrected chi connectivity index (χ1v) is 5.61. The second-order valence-corrected chi connectivity index (χ2v) is 4.19. The summed E-state index contributed by atoms with van der Waals surface area (Å²) in [6.07, 6.45) is 3.08. The quantitative estimate of drug-likeness (QED) is 0.501. The average Bonchev–Trinajstić information content (AvgIpc) is 2.66. The molecule has 4 heteroatoms.